The monoisotopic (exact) mass is 409 g/mol. The van der Waals surface area contributed by atoms with Gasteiger partial charge in [-0.15, -0.1) is 10.2 Å². The third-order valence-corrected chi connectivity index (χ3v) is 5.74. The molecule has 128 valence electrons. The Labute approximate surface area is 154 Å². The zero-order chi connectivity index (χ0) is 16.9. The number of carbonyl (C=O) groups excluding carboxylic acids is 1. The normalized spacial score (nSPS) is 17.9. The van der Waals surface area contributed by atoms with Crippen LogP contribution in [0.4, 0.5) is 0 Å². The highest BCUT2D eigenvalue weighted by Crippen LogP contribution is 2.29. The van der Waals surface area contributed by atoms with E-state index in [4.69, 9.17) is 4.42 Å². The molecule has 1 aromatic heterocycles. The van der Waals surface area contributed by atoms with E-state index in [-0.39, 0.29) is 5.91 Å². The van der Waals surface area contributed by atoms with Crippen molar-refractivity contribution >= 4 is 33.6 Å². The molecule has 2 heterocycles. The molecule has 1 atom stereocenters. The van der Waals surface area contributed by atoms with E-state index in [1.165, 1.54) is 18.2 Å². The van der Waals surface area contributed by atoms with Crippen molar-refractivity contribution in [2.24, 2.45) is 0 Å². The molecule has 0 bridgehead atoms. The number of halogens is 1. The van der Waals surface area contributed by atoms with E-state index in [9.17, 15) is 4.79 Å². The number of aromatic nitrogens is 2. The first kappa shape index (κ1) is 17.5. The van der Waals surface area contributed by atoms with Crippen LogP contribution >= 0.6 is 27.7 Å². The molecule has 1 aliphatic rings. The summed E-state index contributed by atoms with van der Waals surface area (Å²) in [6, 6.07) is 8.07. The molecule has 2 aromatic rings. The lowest BCUT2D eigenvalue weighted by molar-refractivity contribution is -0.132. The van der Waals surface area contributed by atoms with Gasteiger partial charge in [0.1, 0.15) is 0 Å². The molecule has 1 fully saturated rings. The summed E-state index contributed by atoms with van der Waals surface area (Å²) < 4.78 is 6.58. The molecule has 24 heavy (non-hydrogen) atoms. The zero-order valence-corrected chi connectivity index (χ0v) is 16.0. The van der Waals surface area contributed by atoms with Gasteiger partial charge in [-0.25, -0.2) is 0 Å². The summed E-state index contributed by atoms with van der Waals surface area (Å²) in [5.74, 6) is 0.961. The van der Waals surface area contributed by atoms with Crippen LogP contribution in [0, 0.1) is 0 Å². The van der Waals surface area contributed by atoms with Crippen LogP contribution in [-0.2, 0) is 4.79 Å². The first-order valence-corrected chi connectivity index (χ1v) is 9.97. The SMILES string of the molecule is CC[C@H]1CCCCN1C(=O)CSc1nnc(-c2ccccc2Br)o1. The topological polar surface area (TPSA) is 59.2 Å². The van der Waals surface area contributed by atoms with Crippen LogP contribution in [0.25, 0.3) is 11.5 Å². The molecule has 0 spiro atoms. The fraction of sp³-hybridized carbons (Fsp3) is 0.471. The summed E-state index contributed by atoms with van der Waals surface area (Å²) in [7, 11) is 0. The minimum Gasteiger partial charge on any atom is -0.411 e. The Balaban J connectivity index is 1.61. The molecule has 0 radical (unpaired) electrons. The smallest absolute Gasteiger partial charge is 0.277 e. The lowest BCUT2D eigenvalue weighted by Gasteiger charge is -2.35. The Morgan fingerprint density at radius 3 is 3.00 bits per heavy atom. The highest BCUT2D eigenvalue weighted by atomic mass is 79.9. The summed E-state index contributed by atoms with van der Waals surface area (Å²) in [6.45, 7) is 3.01. The van der Waals surface area contributed by atoms with E-state index in [1.807, 2.05) is 29.2 Å². The van der Waals surface area contributed by atoms with Gasteiger partial charge in [0, 0.05) is 17.1 Å². The molecular formula is C17H20BrN3O2S. The molecule has 1 saturated heterocycles. The van der Waals surface area contributed by atoms with E-state index in [0.29, 0.717) is 22.9 Å². The fourth-order valence-corrected chi connectivity index (χ4v) is 4.07. The maximum absolute atomic E-state index is 12.5. The third-order valence-electron chi connectivity index (χ3n) is 4.25. The predicted octanol–water partition coefficient (Wildman–Crippen LogP) is 4.38. The first-order valence-electron chi connectivity index (χ1n) is 8.19. The van der Waals surface area contributed by atoms with Crippen LogP contribution in [0.15, 0.2) is 38.4 Å². The molecule has 0 unspecified atom stereocenters. The van der Waals surface area contributed by atoms with Crippen LogP contribution < -0.4 is 0 Å². The number of benzene rings is 1. The number of amides is 1. The Kier molecular flexibility index (Phi) is 5.94. The molecule has 5 nitrogen and oxygen atoms in total. The van der Waals surface area contributed by atoms with E-state index >= 15 is 0 Å². The molecule has 1 aromatic carbocycles. The van der Waals surface area contributed by atoms with Gasteiger partial charge in [-0.3, -0.25) is 4.79 Å². The standard InChI is InChI=1S/C17H20BrN3O2S/c1-2-12-7-5-6-10-21(12)15(22)11-24-17-20-19-16(23-17)13-8-3-4-9-14(13)18/h3-4,8-9,12H,2,5-7,10-11H2,1H3/t12-/m0/s1. The summed E-state index contributed by atoms with van der Waals surface area (Å²) in [6.07, 6.45) is 4.44. The number of piperidine rings is 1. The van der Waals surface area contributed by atoms with E-state index in [0.717, 1.165) is 35.8 Å². The molecule has 3 rings (SSSR count). The molecule has 0 N–H and O–H groups in total. The number of likely N-dealkylation sites (tertiary alicyclic amines) is 1. The maximum atomic E-state index is 12.5. The van der Waals surface area contributed by atoms with Gasteiger partial charge in [-0.05, 0) is 53.7 Å². The summed E-state index contributed by atoms with van der Waals surface area (Å²) in [4.78, 5) is 14.5. The van der Waals surface area contributed by atoms with E-state index in [1.54, 1.807) is 0 Å². The Morgan fingerprint density at radius 2 is 2.21 bits per heavy atom. The van der Waals surface area contributed by atoms with Crippen molar-refractivity contribution in [2.45, 2.75) is 43.9 Å². The van der Waals surface area contributed by atoms with Gasteiger partial charge >= 0.3 is 0 Å². The van der Waals surface area contributed by atoms with E-state index in [2.05, 4.69) is 33.1 Å². The van der Waals surface area contributed by atoms with Crippen molar-refractivity contribution in [3.05, 3.63) is 28.7 Å². The molecule has 1 amide bonds. The largest absolute Gasteiger partial charge is 0.411 e. The van der Waals surface area contributed by atoms with Gasteiger partial charge in [-0.1, -0.05) is 30.8 Å². The Hall–Kier alpha value is -1.34. The van der Waals surface area contributed by atoms with Gasteiger partial charge in [0.15, 0.2) is 0 Å². The van der Waals surface area contributed by atoms with Crippen molar-refractivity contribution in [1.29, 1.82) is 0 Å². The molecule has 0 aliphatic carbocycles. The number of nitrogens with zero attached hydrogens (tertiary/aromatic N) is 3. The Morgan fingerprint density at radius 1 is 1.38 bits per heavy atom. The predicted molar refractivity (Wildman–Crippen MR) is 97.8 cm³/mol. The minimum absolute atomic E-state index is 0.159. The number of hydrogen-bond donors (Lipinski definition) is 0. The van der Waals surface area contributed by atoms with Crippen LogP contribution in [0.3, 0.4) is 0 Å². The van der Waals surface area contributed by atoms with Crippen LogP contribution in [0.1, 0.15) is 32.6 Å². The molecular weight excluding hydrogens is 390 g/mol. The first-order chi connectivity index (χ1) is 11.7. The van der Waals surface area contributed by atoms with Gasteiger partial charge in [0.05, 0.1) is 11.3 Å². The van der Waals surface area contributed by atoms with Gasteiger partial charge in [0.2, 0.25) is 11.8 Å². The number of thioether (sulfide) groups is 1. The number of rotatable bonds is 5. The van der Waals surface area contributed by atoms with Crippen molar-refractivity contribution in [2.75, 3.05) is 12.3 Å². The zero-order valence-electron chi connectivity index (χ0n) is 13.6. The average molecular weight is 410 g/mol. The highest BCUT2D eigenvalue weighted by Gasteiger charge is 2.25. The summed E-state index contributed by atoms with van der Waals surface area (Å²) >= 11 is 4.78. The molecule has 7 heteroatoms. The summed E-state index contributed by atoms with van der Waals surface area (Å²) in [5, 5.41) is 8.55. The number of carbonyl (C=O) groups is 1. The summed E-state index contributed by atoms with van der Waals surface area (Å²) in [5.41, 5.74) is 0.852. The highest BCUT2D eigenvalue weighted by molar-refractivity contribution is 9.10. The van der Waals surface area contributed by atoms with Crippen molar-refractivity contribution < 1.29 is 9.21 Å². The quantitative estimate of drug-likeness (QED) is 0.685. The van der Waals surface area contributed by atoms with Crippen molar-refractivity contribution in [1.82, 2.24) is 15.1 Å². The Bertz CT molecular complexity index is 707. The van der Waals surface area contributed by atoms with E-state index < -0.39 is 0 Å². The lowest BCUT2D eigenvalue weighted by Crippen LogP contribution is -2.44. The van der Waals surface area contributed by atoms with Gasteiger partial charge in [-0.2, -0.15) is 0 Å². The second kappa shape index (κ2) is 8.16. The molecule has 1 aliphatic heterocycles. The molecule has 0 saturated carbocycles. The average Bonchev–Trinajstić information content (AvgIpc) is 3.08. The number of hydrogen-bond acceptors (Lipinski definition) is 5. The minimum atomic E-state index is 0.159. The second-order valence-corrected chi connectivity index (χ2v) is 7.57. The fourth-order valence-electron chi connectivity index (χ4n) is 2.97. The van der Waals surface area contributed by atoms with Crippen LogP contribution in [0.2, 0.25) is 0 Å². The third kappa shape index (κ3) is 4.00. The van der Waals surface area contributed by atoms with Crippen LogP contribution in [0.5, 0.6) is 0 Å². The van der Waals surface area contributed by atoms with Gasteiger partial charge < -0.3 is 9.32 Å². The van der Waals surface area contributed by atoms with Crippen LogP contribution in [-0.4, -0.2) is 39.3 Å². The lowest BCUT2D eigenvalue weighted by atomic mass is 10.0. The van der Waals surface area contributed by atoms with Gasteiger partial charge in [0.25, 0.3) is 5.22 Å². The van der Waals surface area contributed by atoms with Crippen molar-refractivity contribution in [3.63, 3.8) is 0 Å². The van der Waals surface area contributed by atoms with Crippen molar-refractivity contribution in [3.8, 4) is 11.5 Å². The second-order valence-electron chi connectivity index (χ2n) is 5.79. The maximum Gasteiger partial charge on any atom is 0.277 e.